The number of thiophene rings is 1. The van der Waals surface area contributed by atoms with Gasteiger partial charge in [0.15, 0.2) is 5.69 Å². The molecule has 0 saturated carbocycles. The second-order valence-corrected chi connectivity index (χ2v) is 11.4. The van der Waals surface area contributed by atoms with Crippen molar-refractivity contribution in [3.63, 3.8) is 0 Å². The van der Waals surface area contributed by atoms with Crippen molar-refractivity contribution in [2.75, 3.05) is 12.4 Å². The summed E-state index contributed by atoms with van der Waals surface area (Å²) in [6.45, 7) is 1.87. The van der Waals surface area contributed by atoms with E-state index in [2.05, 4.69) is 20.6 Å². The number of hydrogen-bond donors (Lipinski definition) is 2. The number of benzene rings is 1. The normalized spacial score (nSPS) is 13.3. The van der Waals surface area contributed by atoms with Crippen molar-refractivity contribution in [2.45, 2.75) is 43.5 Å². The highest BCUT2D eigenvalue weighted by molar-refractivity contribution is 7.90. The van der Waals surface area contributed by atoms with Crippen LogP contribution in [0.5, 0.6) is 0 Å². The lowest BCUT2D eigenvalue weighted by molar-refractivity contribution is 0.0963. The highest BCUT2D eigenvalue weighted by Gasteiger charge is 2.28. The summed E-state index contributed by atoms with van der Waals surface area (Å²) in [5.41, 5.74) is 2.63. The zero-order chi connectivity index (χ0) is 24.5. The van der Waals surface area contributed by atoms with E-state index in [0.717, 1.165) is 47.9 Å². The minimum atomic E-state index is -3.93. The van der Waals surface area contributed by atoms with Gasteiger partial charge < -0.3 is 10.6 Å². The van der Waals surface area contributed by atoms with Gasteiger partial charge in [0.25, 0.3) is 11.8 Å². The first-order chi connectivity index (χ1) is 16.2. The third-order valence-electron chi connectivity index (χ3n) is 5.51. The van der Waals surface area contributed by atoms with Gasteiger partial charge in [0.05, 0.1) is 22.5 Å². The number of carbonyl (C=O) groups excluding carboxylic acids is 2. The molecule has 11 heteroatoms. The Labute approximate surface area is 206 Å². The van der Waals surface area contributed by atoms with Gasteiger partial charge in [0.1, 0.15) is 5.00 Å². The van der Waals surface area contributed by atoms with Crippen LogP contribution in [-0.2, 0) is 28.4 Å². The molecule has 0 bridgehead atoms. The molecule has 2 aromatic heterocycles. The fourth-order valence-electron chi connectivity index (χ4n) is 3.93. The lowest BCUT2D eigenvalue weighted by atomic mass is 9.95. The summed E-state index contributed by atoms with van der Waals surface area (Å²) in [4.78, 5) is 34.6. The highest BCUT2D eigenvalue weighted by atomic mass is 35.5. The number of aromatic nitrogens is 2. The largest absolute Gasteiger partial charge is 0.355 e. The maximum Gasteiger partial charge on any atom is 0.276 e. The smallest absolute Gasteiger partial charge is 0.276 e. The van der Waals surface area contributed by atoms with E-state index < -0.39 is 20.9 Å². The number of anilines is 1. The van der Waals surface area contributed by atoms with Crippen LogP contribution in [0.2, 0.25) is 5.02 Å². The van der Waals surface area contributed by atoms with E-state index in [9.17, 15) is 18.0 Å². The van der Waals surface area contributed by atoms with Crippen molar-refractivity contribution in [2.24, 2.45) is 0 Å². The molecule has 2 N–H and O–H groups in total. The van der Waals surface area contributed by atoms with Crippen molar-refractivity contribution in [3.8, 4) is 0 Å². The van der Waals surface area contributed by atoms with E-state index >= 15 is 0 Å². The monoisotopic (exact) mass is 518 g/mol. The molecule has 1 aliphatic carbocycles. The van der Waals surface area contributed by atoms with E-state index in [1.54, 1.807) is 18.2 Å². The Morgan fingerprint density at radius 3 is 2.68 bits per heavy atom. The molecule has 0 saturated heterocycles. The number of nitrogens with one attached hydrogen (secondary N) is 2. The molecule has 3 aromatic rings. The van der Waals surface area contributed by atoms with Crippen LogP contribution in [0.15, 0.2) is 35.6 Å². The minimum Gasteiger partial charge on any atom is -0.355 e. The zero-order valence-electron chi connectivity index (χ0n) is 18.6. The van der Waals surface area contributed by atoms with Crippen molar-refractivity contribution in [1.82, 2.24) is 15.3 Å². The van der Waals surface area contributed by atoms with Crippen molar-refractivity contribution >= 4 is 49.6 Å². The lowest BCUT2D eigenvalue weighted by Gasteiger charge is -2.12. The van der Waals surface area contributed by atoms with Crippen molar-refractivity contribution < 1.29 is 18.0 Å². The molecule has 0 aliphatic heterocycles. The molecule has 0 spiro atoms. The molecule has 1 aromatic carbocycles. The third kappa shape index (κ3) is 4.98. The van der Waals surface area contributed by atoms with Gasteiger partial charge in [-0.2, -0.15) is 0 Å². The highest BCUT2D eigenvalue weighted by Crippen LogP contribution is 2.38. The molecule has 4 rings (SSSR count). The molecule has 178 valence electrons. The van der Waals surface area contributed by atoms with Crippen molar-refractivity contribution in [1.29, 1.82) is 0 Å². The Hall–Kier alpha value is -2.82. The maximum absolute atomic E-state index is 13.1. The fraction of sp³-hybridized carbons (Fsp3) is 0.304. The minimum absolute atomic E-state index is 0.0881. The summed E-state index contributed by atoms with van der Waals surface area (Å²) < 4.78 is 25.8. The molecule has 0 atom stereocenters. The van der Waals surface area contributed by atoms with Crippen LogP contribution >= 0.6 is 22.9 Å². The van der Waals surface area contributed by atoms with Crippen LogP contribution in [0.1, 0.15) is 55.3 Å². The topological polar surface area (TPSA) is 118 Å². The van der Waals surface area contributed by atoms with Crippen LogP contribution in [0, 0.1) is 6.92 Å². The lowest BCUT2D eigenvalue weighted by Crippen LogP contribution is -2.23. The van der Waals surface area contributed by atoms with Crippen LogP contribution in [-0.4, -0.2) is 37.2 Å². The van der Waals surface area contributed by atoms with Gasteiger partial charge in [-0.3, -0.25) is 9.59 Å². The van der Waals surface area contributed by atoms with Gasteiger partial charge in [-0.1, -0.05) is 41.4 Å². The second-order valence-electron chi connectivity index (χ2n) is 8.05. The SMILES string of the molecule is CNC(=O)c1c(NC(=O)c2nc(S(=O)(=O)Cc3cccc(C)c3)ncc2Cl)sc2c1CCCC2. The predicted octanol–water partition coefficient (Wildman–Crippen LogP) is 3.96. The number of carbonyl (C=O) groups is 2. The Balaban J connectivity index is 1.65. The molecule has 34 heavy (non-hydrogen) atoms. The number of halogens is 1. The first kappa shape index (κ1) is 24.3. The molecule has 0 fully saturated rings. The van der Waals surface area contributed by atoms with Gasteiger partial charge in [-0.15, -0.1) is 11.3 Å². The van der Waals surface area contributed by atoms with Gasteiger partial charge in [0, 0.05) is 11.9 Å². The predicted molar refractivity (Wildman–Crippen MR) is 131 cm³/mol. The molecule has 8 nitrogen and oxygen atoms in total. The van der Waals surface area contributed by atoms with E-state index in [4.69, 9.17) is 11.6 Å². The maximum atomic E-state index is 13.1. The van der Waals surface area contributed by atoms with Gasteiger partial charge in [-0.05, 0) is 43.7 Å². The van der Waals surface area contributed by atoms with E-state index in [1.165, 1.54) is 18.4 Å². The Morgan fingerprint density at radius 2 is 1.94 bits per heavy atom. The van der Waals surface area contributed by atoms with E-state index in [-0.39, 0.29) is 22.4 Å². The van der Waals surface area contributed by atoms with Gasteiger partial charge >= 0.3 is 0 Å². The molecular formula is C23H23ClN4O4S2. The first-order valence-electron chi connectivity index (χ1n) is 10.7. The summed E-state index contributed by atoms with van der Waals surface area (Å²) in [6, 6.07) is 7.10. The average Bonchev–Trinajstić information content (AvgIpc) is 3.16. The third-order valence-corrected chi connectivity index (χ3v) is 8.46. The summed E-state index contributed by atoms with van der Waals surface area (Å²) in [6.07, 6.45) is 4.70. The first-order valence-corrected chi connectivity index (χ1v) is 13.5. The molecular weight excluding hydrogens is 496 g/mol. The van der Waals surface area contributed by atoms with Crippen LogP contribution in [0.3, 0.4) is 0 Å². The summed E-state index contributed by atoms with van der Waals surface area (Å²) in [5.74, 6) is -1.30. The molecule has 2 heterocycles. The number of fused-ring (bicyclic) bond motifs is 1. The quantitative estimate of drug-likeness (QED) is 0.477. The number of amides is 2. The van der Waals surface area contributed by atoms with E-state index in [1.807, 2.05) is 13.0 Å². The van der Waals surface area contributed by atoms with Crippen LogP contribution in [0.4, 0.5) is 5.00 Å². The number of aryl methyl sites for hydroxylation is 2. The summed E-state index contributed by atoms with van der Waals surface area (Å²) in [7, 11) is -2.39. The summed E-state index contributed by atoms with van der Waals surface area (Å²) >= 11 is 7.51. The Morgan fingerprint density at radius 1 is 1.18 bits per heavy atom. The second kappa shape index (κ2) is 9.81. The molecule has 0 unspecified atom stereocenters. The van der Waals surface area contributed by atoms with E-state index in [0.29, 0.717) is 16.1 Å². The number of nitrogens with zero attached hydrogens (tertiary/aromatic N) is 2. The molecule has 1 aliphatic rings. The zero-order valence-corrected chi connectivity index (χ0v) is 21.0. The fourth-order valence-corrected chi connectivity index (χ4v) is 6.58. The average molecular weight is 519 g/mol. The molecule has 2 amide bonds. The van der Waals surface area contributed by atoms with Gasteiger partial charge in [0.2, 0.25) is 15.0 Å². The summed E-state index contributed by atoms with van der Waals surface area (Å²) in [5, 5.41) is 5.17. The van der Waals surface area contributed by atoms with Crippen LogP contribution in [0.25, 0.3) is 0 Å². The van der Waals surface area contributed by atoms with Crippen molar-refractivity contribution in [3.05, 3.63) is 68.3 Å². The van der Waals surface area contributed by atoms with Crippen LogP contribution < -0.4 is 10.6 Å². The number of rotatable bonds is 6. The Bertz CT molecular complexity index is 1390. The number of sulfone groups is 1. The Kier molecular flexibility index (Phi) is 7.01. The van der Waals surface area contributed by atoms with Gasteiger partial charge in [-0.25, -0.2) is 18.4 Å². The standard InChI is InChI=1S/C23H23ClN4O4S2/c1-13-6-5-7-14(10-13)12-34(31,32)23-26-11-16(24)19(27-23)21(30)28-22-18(20(29)25-2)15-8-3-4-9-17(15)33-22/h5-7,10-11H,3-4,8-9,12H2,1-2H3,(H,25,29)(H,28,30). The number of hydrogen-bond acceptors (Lipinski definition) is 7. The molecule has 0 radical (unpaired) electrons.